The van der Waals surface area contributed by atoms with Crippen molar-refractivity contribution in [2.45, 2.75) is 57.7 Å². The van der Waals surface area contributed by atoms with E-state index in [4.69, 9.17) is 4.74 Å². The molecule has 0 radical (unpaired) electrons. The van der Waals surface area contributed by atoms with Crippen LogP contribution >= 0.6 is 0 Å². The van der Waals surface area contributed by atoms with E-state index < -0.39 is 15.8 Å². The van der Waals surface area contributed by atoms with Crippen LogP contribution in [0.5, 0.6) is 0 Å². The minimum Gasteiger partial charge on any atom is -0.374 e. The number of carbonyl (C=O) groups is 1. The molecule has 4 fully saturated rings. The summed E-state index contributed by atoms with van der Waals surface area (Å²) in [6.07, 6.45) is 5.57. The van der Waals surface area contributed by atoms with Crippen molar-refractivity contribution in [3.8, 4) is 0 Å². The Balaban J connectivity index is 1.33. The minimum atomic E-state index is -3.29. The zero-order valence-corrected chi connectivity index (χ0v) is 22.4. The van der Waals surface area contributed by atoms with Crippen LogP contribution in [0.2, 0.25) is 0 Å². The number of hydrogen-bond acceptors (Lipinski definition) is 7. The molecule has 5 aliphatic rings. The van der Waals surface area contributed by atoms with Crippen LogP contribution in [0.1, 0.15) is 44.6 Å². The second-order valence-electron chi connectivity index (χ2n) is 10.7. The molecular weight excluding hydrogens is 509 g/mol. The van der Waals surface area contributed by atoms with Crippen molar-refractivity contribution in [2.75, 3.05) is 47.1 Å². The average molecular weight is 544 g/mol. The molecule has 1 aromatic heterocycles. The van der Waals surface area contributed by atoms with Gasteiger partial charge in [0.1, 0.15) is 11.6 Å². The highest BCUT2D eigenvalue weighted by Gasteiger charge is 2.36. The van der Waals surface area contributed by atoms with Crippen LogP contribution < -0.4 is 15.1 Å². The molecule has 2 unspecified atom stereocenters. The largest absolute Gasteiger partial charge is 0.374 e. The lowest BCUT2D eigenvalue weighted by molar-refractivity contribution is -0.123. The second-order valence-corrected chi connectivity index (χ2v) is 12.9. The average Bonchev–Trinajstić information content (AvgIpc) is 3.35. The van der Waals surface area contributed by atoms with Gasteiger partial charge in [-0.2, -0.15) is 0 Å². The van der Waals surface area contributed by atoms with Gasteiger partial charge in [-0.25, -0.2) is 22.1 Å². The number of sulfonamides is 1. The van der Waals surface area contributed by atoms with E-state index in [1.165, 1.54) is 16.6 Å². The van der Waals surface area contributed by atoms with E-state index in [0.717, 1.165) is 42.9 Å². The topological polar surface area (TPSA) is 95.1 Å². The molecule has 1 amide bonds. The third-order valence-corrected chi connectivity index (χ3v) is 10.3. The van der Waals surface area contributed by atoms with Crippen LogP contribution in [0.25, 0.3) is 0 Å². The number of piperidine rings is 1. The third kappa shape index (κ3) is 4.76. The molecule has 5 aliphatic heterocycles. The summed E-state index contributed by atoms with van der Waals surface area (Å²) in [7, 11) is -3.29. The zero-order chi connectivity index (χ0) is 26.4. The number of fused-ring (bicyclic) bond motifs is 6. The molecule has 7 rings (SSSR count). The normalized spacial score (nSPS) is 24.3. The molecule has 0 saturated carbocycles. The highest BCUT2D eigenvalue weighted by Crippen LogP contribution is 2.41. The smallest absolute Gasteiger partial charge is 0.230 e. The van der Waals surface area contributed by atoms with E-state index in [0.29, 0.717) is 50.0 Å². The number of hydrogen-bond donors (Lipinski definition) is 1. The number of halogens is 1. The lowest BCUT2D eigenvalue weighted by atomic mass is 9.96. The summed E-state index contributed by atoms with van der Waals surface area (Å²) in [4.78, 5) is 22.4. The standard InChI is InChI=1S/C27H34FN5O4S/c1-2-38(35,36)31-10-8-18(9-11-31)27(34)33-15-19-12-20(28)14-29-26(19)30-24-7-6-21(13-25(24)33)32-16-23-5-3-4-22(32)17-37-23/h6-7,12-14,18,22-23H,2-5,8-11,15-17H2,1H3,(H,29,30). The van der Waals surface area contributed by atoms with Gasteiger partial charge in [-0.3, -0.25) is 4.79 Å². The Morgan fingerprint density at radius 3 is 2.79 bits per heavy atom. The number of pyridine rings is 1. The highest BCUT2D eigenvalue weighted by atomic mass is 32.2. The number of benzene rings is 1. The zero-order valence-electron chi connectivity index (χ0n) is 21.6. The van der Waals surface area contributed by atoms with Crippen molar-refractivity contribution in [3.05, 3.63) is 41.8 Å². The predicted octanol–water partition coefficient (Wildman–Crippen LogP) is 3.63. The van der Waals surface area contributed by atoms with Crippen LogP contribution in [0.3, 0.4) is 0 Å². The fourth-order valence-electron chi connectivity index (χ4n) is 6.18. The van der Waals surface area contributed by atoms with Crippen LogP contribution in [0.15, 0.2) is 30.5 Å². The first kappa shape index (κ1) is 25.5. The first-order valence-electron chi connectivity index (χ1n) is 13.6. The number of nitrogens with one attached hydrogen (secondary N) is 1. The fraction of sp³-hybridized carbons (Fsp3) is 0.556. The number of nitrogens with zero attached hydrogens (tertiary/aromatic N) is 4. The first-order valence-corrected chi connectivity index (χ1v) is 15.2. The van der Waals surface area contributed by atoms with E-state index >= 15 is 0 Å². The molecule has 1 aromatic carbocycles. The molecule has 2 atom stereocenters. The van der Waals surface area contributed by atoms with Crippen molar-refractivity contribution >= 4 is 38.8 Å². The Kier molecular flexibility index (Phi) is 6.77. The van der Waals surface area contributed by atoms with E-state index in [1.54, 1.807) is 11.8 Å². The first-order chi connectivity index (χ1) is 18.3. The number of morpholine rings is 1. The van der Waals surface area contributed by atoms with Crippen LogP contribution in [-0.2, 0) is 26.1 Å². The molecule has 204 valence electrons. The monoisotopic (exact) mass is 543 g/mol. The van der Waals surface area contributed by atoms with Gasteiger partial charge in [0.05, 0.1) is 48.6 Å². The molecule has 0 spiro atoms. The summed E-state index contributed by atoms with van der Waals surface area (Å²) < 4.78 is 46.4. The van der Waals surface area contributed by atoms with E-state index in [-0.39, 0.29) is 30.2 Å². The lowest BCUT2D eigenvalue weighted by Gasteiger charge is -2.39. The van der Waals surface area contributed by atoms with Gasteiger partial charge in [0.25, 0.3) is 0 Å². The molecule has 1 N–H and O–H groups in total. The van der Waals surface area contributed by atoms with Crippen LogP contribution in [-0.4, -0.2) is 67.8 Å². The quantitative estimate of drug-likeness (QED) is 0.629. The molecular formula is C27H34FN5O4S. The SMILES string of the molecule is CCS(=O)(=O)N1CCC(C(=O)N2Cc3cc(F)cnc3Nc3ccc(N4CC5CCCC4CO5)cc32)CC1. The Bertz CT molecular complexity index is 1330. The van der Waals surface area contributed by atoms with Gasteiger partial charge in [-0.05, 0) is 63.3 Å². The summed E-state index contributed by atoms with van der Waals surface area (Å²) >= 11 is 0. The summed E-state index contributed by atoms with van der Waals surface area (Å²) in [6, 6.07) is 7.81. The Labute approximate surface area is 223 Å². The number of rotatable bonds is 4. The van der Waals surface area contributed by atoms with Crippen molar-refractivity contribution in [2.24, 2.45) is 5.92 Å². The Hall–Kier alpha value is -2.76. The minimum absolute atomic E-state index is 0.0539. The van der Waals surface area contributed by atoms with Crippen molar-refractivity contribution in [3.63, 3.8) is 0 Å². The molecule has 0 aliphatic carbocycles. The van der Waals surface area contributed by atoms with Crippen molar-refractivity contribution in [1.29, 1.82) is 0 Å². The maximum atomic E-state index is 14.2. The lowest BCUT2D eigenvalue weighted by Crippen LogP contribution is -2.47. The Morgan fingerprint density at radius 2 is 2.00 bits per heavy atom. The van der Waals surface area contributed by atoms with Gasteiger partial charge in [-0.15, -0.1) is 0 Å². The van der Waals surface area contributed by atoms with Gasteiger partial charge in [0, 0.05) is 36.8 Å². The molecule has 38 heavy (non-hydrogen) atoms. The van der Waals surface area contributed by atoms with E-state index in [1.807, 2.05) is 6.07 Å². The summed E-state index contributed by atoms with van der Waals surface area (Å²) in [5.74, 6) is -0.264. The fourth-order valence-corrected chi connectivity index (χ4v) is 7.31. The molecule has 9 nitrogen and oxygen atoms in total. The van der Waals surface area contributed by atoms with Gasteiger partial charge >= 0.3 is 0 Å². The second kappa shape index (κ2) is 10.1. The van der Waals surface area contributed by atoms with Gasteiger partial charge in [0.2, 0.25) is 15.9 Å². The highest BCUT2D eigenvalue weighted by molar-refractivity contribution is 7.89. The maximum absolute atomic E-state index is 14.2. The molecule has 11 heteroatoms. The number of ether oxygens (including phenoxy) is 1. The van der Waals surface area contributed by atoms with Gasteiger partial charge in [0.15, 0.2) is 0 Å². The van der Waals surface area contributed by atoms with Gasteiger partial charge < -0.3 is 19.9 Å². The summed E-state index contributed by atoms with van der Waals surface area (Å²) in [5, 5.41) is 3.33. The summed E-state index contributed by atoms with van der Waals surface area (Å²) in [6.45, 7) is 4.01. The number of amides is 1. The predicted molar refractivity (Wildman–Crippen MR) is 144 cm³/mol. The molecule has 4 saturated heterocycles. The Morgan fingerprint density at radius 1 is 1.18 bits per heavy atom. The number of aromatic nitrogens is 1. The third-order valence-electron chi connectivity index (χ3n) is 8.37. The molecule has 6 heterocycles. The molecule has 2 bridgehead atoms. The molecule has 2 aromatic rings. The van der Waals surface area contributed by atoms with Crippen LogP contribution in [0.4, 0.5) is 27.3 Å². The number of anilines is 4. The van der Waals surface area contributed by atoms with Gasteiger partial charge in [-0.1, -0.05) is 0 Å². The number of carbonyl (C=O) groups excluding carboxylic acids is 1. The van der Waals surface area contributed by atoms with E-state index in [9.17, 15) is 17.6 Å². The van der Waals surface area contributed by atoms with Crippen molar-refractivity contribution < 1.29 is 22.3 Å². The van der Waals surface area contributed by atoms with Crippen molar-refractivity contribution in [1.82, 2.24) is 9.29 Å². The maximum Gasteiger partial charge on any atom is 0.230 e. The van der Waals surface area contributed by atoms with E-state index in [2.05, 4.69) is 27.3 Å². The summed E-state index contributed by atoms with van der Waals surface area (Å²) in [5.41, 5.74) is 3.11. The van der Waals surface area contributed by atoms with Crippen LogP contribution in [0, 0.1) is 11.7 Å².